The van der Waals surface area contributed by atoms with Crippen molar-refractivity contribution < 1.29 is 9.53 Å². The first-order valence-corrected chi connectivity index (χ1v) is 6.97. The molecule has 2 aromatic carbocycles. The molecule has 0 spiro atoms. The number of nitrogen functional groups attached to an aromatic ring is 1. The minimum Gasteiger partial charge on any atom is -0.492 e. The zero-order chi connectivity index (χ0) is 15.2. The Hall–Kier alpha value is -2.20. The number of aryl methyl sites for hydroxylation is 1. The van der Waals surface area contributed by atoms with E-state index in [2.05, 4.69) is 5.32 Å². The van der Waals surface area contributed by atoms with Gasteiger partial charge in [0.1, 0.15) is 12.4 Å². The van der Waals surface area contributed by atoms with Crippen LogP contribution < -0.4 is 15.8 Å². The van der Waals surface area contributed by atoms with E-state index in [1.165, 1.54) is 0 Å². The molecule has 0 fully saturated rings. The number of amides is 1. The standard InChI is InChI=1S/C16H17ClN2O2/c1-11-10-14(6-7-15(11)18)21-9-8-19-16(20)12-2-4-13(17)5-3-12/h2-7,10H,8-9,18H2,1H3,(H,19,20). The van der Waals surface area contributed by atoms with Gasteiger partial charge in [-0.1, -0.05) is 11.6 Å². The second-order valence-electron chi connectivity index (χ2n) is 4.63. The number of halogens is 1. The zero-order valence-corrected chi connectivity index (χ0v) is 12.5. The Labute approximate surface area is 128 Å². The molecule has 0 bridgehead atoms. The summed E-state index contributed by atoms with van der Waals surface area (Å²) in [6.07, 6.45) is 0. The van der Waals surface area contributed by atoms with E-state index in [-0.39, 0.29) is 5.91 Å². The van der Waals surface area contributed by atoms with Crippen LogP contribution in [0.25, 0.3) is 0 Å². The highest BCUT2D eigenvalue weighted by molar-refractivity contribution is 6.30. The minimum absolute atomic E-state index is 0.149. The van der Waals surface area contributed by atoms with Crippen molar-refractivity contribution in [3.8, 4) is 5.75 Å². The highest BCUT2D eigenvalue weighted by Crippen LogP contribution is 2.18. The van der Waals surface area contributed by atoms with Gasteiger partial charge in [-0.3, -0.25) is 4.79 Å². The average Bonchev–Trinajstić information content (AvgIpc) is 2.47. The molecule has 4 nitrogen and oxygen atoms in total. The number of anilines is 1. The van der Waals surface area contributed by atoms with Crippen molar-refractivity contribution in [3.05, 3.63) is 58.6 Å². The molecule has 0 atom stereocenters. The summed E-state index contributed by atoms with van der Waals surface area (Å²) < 4.78 is 5.56. The third-order valence-electron chi connectivity index (χ3n) is 3.00. The second-order valence-corrected chi connectivity index (χ2v) is 5.07. The molecule has 0 aliphatic carbocycles. The van der Waals surface area contributed by atoms with Crippen molar-refractivity contribution in [1.82, 2.24) is 5.32 Å². The Morgan fingerprint density at radius 1 is 1.24 bits per heavy atom. The van der Waals surface area contributed by atoms with Crippen LogP contribution in [0, 0.1) is 6.92 Å². The number of hydrogen-bond donors (Lipinski definition) is 2. The van der Waals surface area contributed by atoms with Crippen LogP contribution in [0.3, 0.4) is 0 Å². The smallest absolute Gasteiger partial charge is 0.251 e. The van der Waals surface area contributed by atoms with Gasteiger partial charge in [0.05, 0.1) is 6.54 Å². The van der Waals surface area contributed by atoms with Crippen molar-refractivity contribution in [2.45, 2.75) is 6.92 Å². The third kappa shape index (κ3) is 4.39. The quantitative estimate of drug-likeness (QED) is 0.659. The molecule has 21 heavy (non-hydrogen) atoms. The van der Waals surface area contributed by atoms with Gasteiger partial charge >= 0.3 is 0 Å². The predicted molar refractivity (Wildman–Crippen MR) is 84.9 cm³/mol. The van der Waals surface area contributed by atoms with E-state index in [1.807, 2.05) is 19.1 Å². The van der Waals surface area contributed by atoms with Crippen molar-refractivity contribution >= 4 is 23.2 Å². The number of rotatable bonds is 5. The largest absolute Gasteiger partial charge is 0.492 e. The molecule has 2 rings (SSSR count). The first-order valence-electron chi connectivity index (χ1n) is 6.59. The van der Waals surface area contributed by atoms with Crippen molar-refractivity contribution in [3.63, 3.8) is 0 Å². The SMILES string of the molecule is Cc1cc(OCCNC(=O)c2ccc(Cl)cc2)ccc1N. The molecule has 0 saturated heterocycles. The molecular formula is C16H17ClN2O2. The Kier molecular flexibility index (Phi) is 5.06. The Morgan fingerprint density at radius 2 is 1.95 bits per heavy atom. The summed E-state index contributed by atoms with van der Waals surface area (Å²) in [6, 6.07) is 12.2. The third-order valence-corrected chi connectivity index (χ3v) is 3.26. The van der Waals surface area contributed by atoms with Gasteiger partial charge in [-0.05, 0) is 55.0 Å². The van der Waals surface area contributed by atoms with Gasteiger partial charge in [0.15, 0.2) is 0 Å². The summed E-state index contributed by atoms with van der Waals surface area (Å²) in [6.45, 7) is 2.73. The zero-order valence-electron chi connectivity index (χ0n) is 11.7. The van der Waals surface area contributed by atoms with Crippen LogP contribution in [-0.4, -0.2) is 19.1 Å². The van der Waals surface area contributed by atoms with Gasteiger partial charge in [-0.25, -0.2) is 0 Å². The Balaban J connectivity index is 1.77. The molecule has 0 saturated carbocycles. The summed E-state index contributed by atoms with van der Waals surface area (Å²) in [7, 11) is 0. The van der Waals surface area contributed by atoms with E-state index >= 15 is 0 Å². The van der Waals surface area contributed by atoms with Gasteiger partial charge in [-0.2, -0.15) is 0 Å². The number of carbonyl (C=O) groups is 1. The van der Waals surface area contributed by atoms with Crippen LogP contribution in [0.1, 0.15) is 15.9 Å². The van der Waals surface area contributed by atoms with Crippen LogP contribution in [0.15, 0.2) is 42.5 Å². The van der Waals surface area contributed by atoms with Crippen LogP contribution in [0.4, 0.5) is 5.69 Å². The molecular weight excluding hydrogens is 288 g/mol. The number of benzene rings is 2. The first kappa shape index (κ1) is 15.2. The van der Waals surface area contributed by atoms with Crippen molar-refractivity contribution in [2.75, 3.05) is 18.9 Å². The highest BCUT2D eigenvalue weighted by Gasteiger charge is 2.04. The lowest BCUT2D eigenvalue weighted by atomic mass is 10.2. The lowest BCUT2D eigenvalue weighted by Gasteiger charge is -2.09. The maximum Gasteiger partial charge on any atom is 0.251 e. The molecule has 0 aliphatic rings. The molecule has 0 heterocycles. The molecule has 0 aromatic heterocycles. The fourth-order valence-electron chi connectivity index (χ4n) is 1.77. The van der Waals surface area contributed by atoms with Gasteiger partial charge in [-0.15, -0.1) is 0 Å². The number of carbonyl (C=O) groups excluding carboxylic acids is 1. The number of ether oxygens (including phenoxy) is 1. The van der Waals surface area contributed by atoms with E-state index in [0.29, 0.717) is 23.7 Å². The fraction of sp³-hybridized carbons (Fsp3) is 0.188. The molecule has 5 heteroatoms. The Morgan fingerprint density at radius 3 is 2.62 bits per heavy atom. The molecule has 2 aromatic rings. The second kappa shape index (κ2) is 6.99. The fourth-order valence-corrected chi connectivity index (χ4v) is 1.90. The molecule has 1 amide bonds. The first-order chi connectivity index (χ1) is 10.1. The highest BCUT2D eigenvalue weighted by atomic mass is 35.5. The van der Waals surface area contributed by atoms with E-state index in [4.69, 9.17) is 22.1 Å². The predicted octanol–water partition coefficient (Wildman–Crippen LogP) is 3.04. The maximum atomic E-state index is 11.8. The van der Waals surface area contributed by atoms with E-state index in [9.17, 15) is 4.79 Å². The van der Waals surface area contributed by atoms with Crippen LogP contribution in [-0.2, 0) is 0 Å². The van der Waals surface area contributed by atoms with Crippen LogP contribution in [0.2, 0.25) is 5.02 Å². The minimum atomic E-state index is -0.149. The van der Waals surface area contributed by atoms with E-state index < -0.39 is 0 Å². The van der Waals surface area contributed by atoms with Gasteiger partial charge in [0.2, 0.25) is 0 Å². The monoisotopic (exact) mass is 304 g/mol. The lowest BCUT2D eigenvalue weighted by molar-refractivity contribution is 0.0947. The molecule has 0 unspecified atom stereocenters. The summed E-state index contributed by atoms with van der Waals surface area (Å²) in [4.78, 5) is 11.8. The van der Waals surface area contributed by atoms with E-state index in [1.54, 1.807) is 30.3 Å². The number of nitrogens with one attached hydrogen (secondary N) is 1. The average molecular weight is 305 g/mol. The summed E-state index contributed by atoms with van der Waals surface area (Å²) in [5.74, 6) is 0.589. The van der Waals surface area contributed by atoms with Crippen molar-refractivity contribution in [1.29, 1.82) is 0 Å². The number of hydrogen-bond acceptors (Lipinski definition) is 3. The van der Waals surface area contributed by atoms with Crippen molar-refractivity contribution in [2.24, 2.45) is 0 Å². The Bertz CT molecular complexity index is 627. The molecule has 3 N–H and O–H groups in total. The number of nitrogens with two attached hydrogens (primary N) is 1. The lowest BCUT2D eigenvalue weighted by Crippen LogP contribution is -2.28. The summed E-state index contributed by atoms with van der Waals surface area (Å²) in [5.41, 5.74) is 8.01. The summed E-state index contributed by atoms with van der Waals surface area (Å²) >= 11 is 5.77. The van der Waals surface area contributed by atoms with Gasteiger partial charge in [0, 0.05) is 16.3 Å². The summed E-state index contributed by atoms with van der Waals surface area (Å²) in [5, 5.41) is 3.39. The van der Waals surface area contributed by atoms with Crippen LogP contribution >= 0.6 is 11.6 Å². The normalized spacial score (nSPS) is 10.2. The molecule has 110 valence electrons. The maximum absolute atomic E-state index is 11.8. The topological polar surface area (TPSA) is 64.3 Å². The van der Waals surface area contributed by atoms with Crippen LogP contribution in [0.5, 0.6) is 5.75 Å². The van der Waals surface area contributed by atoms with E-state index in [0.717, 1.165) is 17.0 Å². The van der Waals surface area contributed by atoms with Gasteiger partial charge in [0.25, 0.3) is 5.91 Å². The molecule has 0 radical (unpaired) electrons. The molecule has 0 aliphatic heterocycles. The van der Waals surface area contributed by atoms with Gasteiger partial charge < -0.3 is 15.8 Å².